The van der Waals surface area contributed by atoms with Gasteiger partial charge in [-0.3, -0.25) is 14.6 Å². The average Bonchev–Trinajstić information content (AvgIpc) is 2.44. The first kappa shape index (κ1) is 15.0. The molecule has 2 aromatic heterocycles. The molecule has 1 amide bonds. The minimum absolute atomic E-state index is 0.0386. The van der Waals surface area contributed by atoms with Gasteiger partial charge in [-0.25, -0.2) is 0 Å². The maximum absolute atomic E-state index is 12.1. The van der Waals surface area contributed by atoms with Crippen molar-refractivity contribution in [2.75, 3.05) is 0 Å². The van der Waals surface area contributed by atoms with E-state index >= 15 is 0 Å². The third-order valence-electron chi connectivity index (χ3n) is 3.34. The fourth-order valence-corrected chi connectivity index (χ4v) is 2.11. The number of pyridine rings is 2. The molecule has 0 radical (unpaired) electrons. The largest absolute Gasteiger partial charge is 0.349 e. The second-order valence-corrected chi connectivity index (χ2v) is 5.21. The maximum Gasteiger partial charge on any atom is 0.252 e. The van der Waals surface area contributed by atoms with Gasteiger partial charge in [0.2, 0.25) is 5.56 Å². The van der Waals surface area contributed by atoms with Crippen LogP contribution in [0.3, 0.4) is 0 Å². The number of nitrogens with zero attached hydrogens (tertiary/aromatic N) is 2. The van der Waals surface area contributed by atoms with E-state index in [0.29, 0.717) is 12.0 Å². The molecule has 0 saturated heterocycles. The molecule has 2 heterocycles. The molecule has 0 bridgehead atoms. The Morgan fingerprint density at radius 2 is 2.14 bits per heavy atom. The zero-order chi connectivity index (χ0) is 15.4. The molecule has 0 aliphatic carbocycles. The number of hydrogen-bond donors (Lipinski definition) is 1. The molecule has 0 fully saturated rings. The first-order valence-electron chi connectivity index (χ1n) is 6.85. The summed E-state index contributed by atoms with van der Waals surface area (Å²) in [7, 11) is 1.62. The van der Waals surface area contributed by atoms with Crippen LogP contribution in [0.5, 0.6) is 0 Å². The van der Waals surface area contributed by atoms with E-state index in [1.54, 1.807) is 13.2 Å². The minimum atomic E-state index is -0.188. The van der Waals surface area contributed by atoms with Gasteiger partial charge in [0, 0.05) is 43.7 Å². The molecule has 0 saturated carbocycles. The van der Waals surface area contributed by atoms with E-state index in [1.165, 1.54) is 22.9 Å². The van der Waals surface area contributed by atoms with Crippen molar-refractivity contribution in [3.8, 4) is 0 Å². The topological polar surface area (TPSA) is 64.0 Å². The third kappa shape index (κ3) is 3.78. The molecule has 1 atom stereocenters. The van der Waals surface area contributed by atoms with Gasteiger partial charge >= 0.3 is 0 Å². The number of rotatable bonds is 4. The van der Waals surface area contributed by atoms with E-state index in [9.17, 15) is 9.59 Å². The lowest BCUT2D eigenvalue weighted by Crippen LogP contribution is -2.35. The molecule has 110 valence electrons. The molecule has 1 unspecified atom stereocenters. The maximum atomic E-state index is 12.1. The zero-order valence-corrected chi connectivity index (χ0v) is 12.5. The Morgan fingerprint density at radius 1 is 1.38 bits per heavy atom. The fourth-order valence-electron chi connectivity index (χ4n) is 2.11. The van der Waals surface area contributed by atoms with E-state index in [0.717, 1.165) is 11.3 Å². The Balaban J connectivity index is 2.03. The van der Waals surface area contributed by atoms with Crippen molar-refractivity contribution < 1.29 is 4.79 Å². The Bertz CT molecular complexity index is 707. The van der Waals surface area contributed by atoms with Crippen molar-refractivity contribution in [3.63, 3.8) is 0 Å². The van der Waals surface area contributed by atoms with Crippen LogP contribution in [0, 0.1) is 6.92 Å². The van der Waals surface area contributed by atoms with Crippen LogP contribution in [0.4, 0.5) is 0 Å². The summed E-state index contributed by atoms with van der Waals surface area (Å²) in [5.74, 6) is -0.188. The van der Waals surface area contributed by atoms with E-state index in [2.05, 4.69) is 10.3 Å². The fraction of sp³-hybridized carbons (Fsp3) is 0.312. The van der Waals surface area contributed by atoms with Crippen LogP contribution in [-0.2, 0) is 13.5 Å². The summed E-state index contributed by atoms with van der Waals surface area (Å²) in [6, 6.07) is 6.79. The van der Waals surface area contributed by atoms with Gasteiger partial charge in [-0.15, -0.1) is 0 Å². The predicted octanol–water partition coefficient (Wildman–Crippen LogP) is 1.45. The Labute approximate surface area is 123 Å². The highest BCUT2D eigenvalue weighted by Crippen LogP contribution is 2.07. The van der Waals surface area contributed by atoms with Crippen LogP contribution in [-0.4, -0.2) is 21.5 Å². The molecule has 2 aromatic rings. The summed E-state index contributed by atoms with van der Waals surface area (Å²) in [6.45, 7) is 3.94. The molecule has 5 nitrogen and oxygen atoms in total. The summed E-state index contributed by atoms with van der Waals surface area (Å²) in [5, 5.41) is 2.92. The smallest absolute Gasteiger partial charge is 0.252 e. The molecule has 2 rings (SSSR count). The molecule has 0 aliphatic heterocycles. The van der Waals surface area contributed by atoms with Gasteiger partial charge in [0.15, 0.2) is 0 Å². The number of nitrogens with one attached hydrogen (secondary N) is 1. The van der Waals surface area contributed by atoms with Crippen molar-refractivity contribution >= 4 is 5.91 Å². The highest BCUT2D eigenvalue weighted by atomic mass is 16.2. The van der Waals surface area contributed by atoms with Crippen LogP contribution in [0.25, 0.3) is 0 Å². The molecule has 1 N–H and O–H groups in total. The van der Waals surface area contributed by atoms with Crippen LogP contribution in [0.15, 0.2) is 41.5 Å². The van der Waals surface area contributed by atoms with Crippen molar-refractivity contribution in [1.82, 2.24) is 14.9 Å². The number of aromatic nitrogens is 2. The van der Waals surface area contributed by atoms with Crippen LogP contribution >= 0.6 is 0 Å². The van der Waals surface area contributed by atoms with E-state index in [-0.39, 0.29) is 17.5 Å². The predicted molar refractivity (Wildman–Crippen MR) is 81.3 cm³/mol. The van der Waals surface area contributed by atoms with E-state index in [1.807, 2.05) is 26.0 Å². The van der Waals surface area contributed by atoms with E-state index < -0.39 is 0 Å². The van der Waals surface area contributed by atoms with Gasteiger partial charge in [-0.05, 0) is 31.5 Å². The zero-order valence-electron chi connectivity index (χ0n) is 12.5. The van der Waals surface area contributed by atoms with Crippen molar-refractivity contribution in [1.29, 1.82) is 0 Å². The summed E-state index contributed by atoms with van der Waals surface area (Å²) in [5.41, 5.74) is 2.43. The molecule has 0 spiro atoms. The number of carbonyl (C=O) groups excluding carboxylic acids is 1. The van der Waals surface area contributed by atoms with Gasteiger partial charge < -0.3 is 9.88 Å². The monoisotopic (exact) mass is 285 g/mol. The standard InChI is InChI=1S/C16H19N3O2/c1-11-5-4-8-17-14(11)9-12(2)18-16(21)13-6-7-15(20)19(3)10-13/h4-8,10,12H,9H2,1-3H3,(H,18,21). The van der Waals surface area contributed by atoms with Crippen molar-refractivity contribution in [2.24, 2.45) is 7.05 Å². The molecular formula is C16H19N3O2. The Kier molecular flexibility index (Phi) is 4.52. The second kappa shape index (κ2) is 6.35. The van der Waals surface area contributed by atoms with Crippen LogP contribution < -0.4 is 10.9 Å². The average molecular weight is 285 g/mol. The Hall–Kier alpha value is -2.43. The molecular weight excluding hydrogens is 266 g/mol. The summed E-state index contributed by atoms with van der Waals surface area (Å²) in [4.78, 5) is 27.8. The number of aryl methyl sites for hydroxylation is 2. The van der Waals surface area contributed by atoms with Gasteiger partial charge in [-0.1, -0.05) is 6.07 Å². The molecule has 0 aromatic carbocycles. The second-order valence-electron chi connectivity index (χ2n) is 5.21. The lowest BCUT2D eigenvalue weighted by Gasteiger charge is -2.15. The van der Waals surface area contributed by atoms with Gasteiger partial charge in [0.25, 0.3) is 5.91 Å². The van der Waals surface area contributed by atoms with Crippen molar-refractivity contribution in [3.05, 3.63) is 63.8 Å². The first-order valence-corrected chi connectivity index (χ1v) is 6.85. The minimum Gasteiger partial charge on any atom is -0.349 e. The first-order chi connectivity index (χ1) is 9.97. The summed E-state index contributed by atoms with van der Waals surface area (Å²) < 4.78 is 1.39. The van der Waals surface area contributed by atoms with Gasteiger partial charge in [0.05, 0.1) is 5.56 Å². The SMILES string of the molecule is Cc1cccnc1CC(C)NC(=O)c1ccc(=O)n(C)c1. The van der Waals surface area contributed by atoms with Crippen LogP contribution in [0.2, 0.25) is 0 Å². The normalized spacial score (nSPS) is 12.0. The Morgan fingerprint density at radius 3 is 2.81 bits per heavy atom. The molecule has 5 heteroatoms. The molecule has 0 aliphatic rings. The highest BCUT2D eigenvalue weighted by molar-refractivity contribution is 5.94. The molecule has 21 heavy (non-hydrogen) atoms. The summed E-state index contributed by atoms with van der Waals surface area (Å²) in [6.07, 6.45) is 3.96. The summed E-state index contributed by atoms with van der Waals surface area (Å²) >= 11 is 0. The van der Waals surface area contributed by atoms with Gasteiger partial charge in [0.1, 0.15) is 0 Å². The number of amides is 1. The quantitative estimate of drug-likeness (QED) is 0.924. The number of carbonyl (C=O) groups is 1. The van der Waals surface area contributed by atoms with E-state index in [4.69, 9.17) is 0 Å². The van der Waals surface area contributed by atoms with Crippen molar-refractivity contribution in [2.45, 2.75) is 26.3 Å². The lowest BCUT2D eigenvalue weighted by atomic mass is 10.1. The van der Waals surface area contributed by atoms with Gasteiger partial charge in [-0.2, -0.15) is 0 Å². The highest BCUT2D eigenvalue weighted by Gasteiger charge is 2.12. The lowest BCUT2D eigenvalue weighted by molar-refractivity contribution is 0.0939. The third-order valence-corrected chi connectivity index (χ3v) is 3.34. The van der Waals surface area contributed by atoms with Crippen LogP contribution in [0.1, 0.15) is 28.5 Å². The number of hydrogen-bond acceptors (Lipinski definition) is 3.